The molecule has 0 saturated carbocycles. The van der Waals surface area contributed by atoms with Gasteiger partial charge in [-0.15, -0.1) is 0 Å². The van der Waals surface area contributed by atoms with Gasteiger partial charge in [0.25, 0.3) is 5.91 Å². The van der Waals surface area contributed by atoms with Gasteiger partial charge in [-0.25, -0.2) is 0 Å². The number of ether oxygens (including phenoxy) is 3. The minimum absolute atomic E-state index is 0.326. The van der Waals surface area contributed by atoms with E-state index in [1.807, 2.05) is 0 Å². The average Bonchev–Trinajstić information content (AvgIpc) is 3.03. The van der Waals surface area contributed by atoms with Crippen molar-refractivity contribution in [3.8, 4) is 5.75 Å². The monoisotopic (exact) mass is 471 g/mol. The van der Waals surface area contributed by atoms with Crippen LogP contribution < -0.4 is 4.74 Å². The Labute approximate surface area is 197 Å². The van der Waals surface area contributed by atoms with Crippen LogP contribution in [0.2, 0.25) is 5.02 Å². The number of benzene rings is 2. The Morgan fingerprint density at radius 3 is 2.15 bits per heavy atom. The number of hydrogen-bond acceptors (Lipinski definition) is 6. The first kappa shape index (κ1) is 24.3. The van der Waals surface area contributed by atoms with E-state index in [9.17, 15) is 14.4 Å². The zero-order valence-electron chi connectivity index (χ0n) is 19.4. The van der Waals surface area contributed by atoms with E-state index in [4.69, 9.17) is 25.8 Å². The zero-order valence-corrected chi connectivity index (χ0v) is 20.1. The number of rotatable bonds is 5. The van der Waals surface area contributed by atoms with Crippen molar-refractivity contribution < 1.29 is 28.6 Å². The number of methoxy groups -OCH3 is 2. The molecule has 0 fully saturated rings. The highest BCUT2D eigenvalue weighted by Crippen LogP contribution is 2.36. The van der Waals surface area contributed by atoms with E-state index < -0.39 is 23.5 Å². The van der Waals surface area contributed by atoms with E-state index in [0.29, 0.717) is 38.5 Å². The third-order valence-electron chi connectivity index (χ3n) is 5.12. The molecule has 0 aliphatic heterocycles. The number of carbonyl (C=O) groups excluding carboxylic acids is 3. The lowest BCUT2D eigenvalue weighted by Gasteiger charge is -2.23. The Morgan fingerprint density at radius 2 is 1.61 bits per heavy atom. The maximum Gasteiger partial charge on any atom is 0.325 e. The van der Waals surface area contributed by atoms with Gasteiger partial charge in [0, 0.05) is 27.2 Å². The van der Waals surface area contributed by atoms with Gasteiger partial charge >= 0.3 is 11.9 Å². The molecular weight excluding hydrogens is 446 g/mol. The zero-order chi connectivity index (χ0) is 24.5. The fraction of sp³-hybridized carbons (Fsp3) is 0.320. The summed E-state index contributed by atoms with van der Waals surface area (Å²) in [5.41, 5.74) is 0.827. The van der Waals surface area contributed by atoms with Gasteiger partial charge in [-0.3, -0.25) is 19.0 Å². The van der Waals surface area contributed by atoms with Crippen LogP contribution in [0.5, 0.6) is 5.75 Å². The summed E-state index contributed by atoms with van der Waals surface area (Å²) in [6.07, 6.45) is 0. The summed E-state index contributed by atoms with van der Waals surface area (Å²) in [6.45, 7) is 6.81. The molecule has 0 bridgehead atoms. The van der Waals surface area contributed by atoms with Crippen molar-refractivity contribution in [2.75, 3.05) is 14.2 Å². The van der Waals surface area contributed by atoms with Crippen molar-refractivity contribution in [3.63, 3.8) is 0 Å². The molecule has 1 unspecified atom stereocenters. The highest BCUT2D eigenvalue weighted by atomic mass is 35.5. The molecule has 1 atom stereocenters. The molecule has 0 N–H and O–H groups in total. The van der Waals surface area contributed by atoms with E-state index in [2.05, 4.69) is 0 Å². The summed E-state index contributed by atoms with van der Waals surface area (Å²) in [4.78, 5) is 39.4. The number of nitrogens with zero attached hydrogens (tertiary/aromatic N) is 1. The standard InChI is InChI=1S/C25H26ClNO6/c1-14-20(21(23(29)32-6)24(30)33-25(2,3)4)18-13-17(31-5)11-12-19(18)27(14)22(28)15-7-9-16(26)10-8-15/h7-13,21H,1-6H3. The van der Waals surface area contributed by atoms with Crippen LogP contribution in [0.15, 0.2) is 42.5 Å². The normalized spacial score (nSPS) is 12.3. The molecule has 33 heavy (non-hydrogen) atoms. The fourth-order valence-corrected chi connectivity index (χ4v) is 3.83. The molecule has 2 aromatic carbocycles. The lowest BCUT2D eigenvalue weighted by molar-refractivity contribution is -0.163. The van der Waals surface area contributed by atoms with Gasteiger partial charge in [-0.2, -0.15) is 0 Å². The van der Waals surface area contributed by atoms with Gasteiger partial charge in [0.2, 0.25) is 0 Å². The molecule has 3 aromatic rings. The van der Waals surface area contributed by atoms with E-state index >= 15 is 0 Å². The van der Waals surface area contributed by atoms with Gasteiger partial charge in [0.15, 0.2) is 5.92 Å². The number of carbonyl (C=O) groups is 3. The van der Waals surface area contributed by atoms with Crippen LogP contribution in [0, 0.1) is 6.92 Å². The Kier molecular flexibility index (Phi) is 6.84. The molecular formula is C25H26ClNO6. The van der Waals surface area contributed by atoms with E-state index in [0.717, 1.165) is 0 Å². The summed E-state index contributed by atoms with van der Waals surface area (Å²) in [5.74, 6) is -2.76. The maximum absolute atomic E-state index is 13.5. The number of esters is 2. The smallest absolute Gasteiger partial charge is 0.325 e. The van der Waals surface area contributed by atoms with Gasteiger partial charge in [-0.05, 0) is 70.2 Å². The van der Waals surface area contributed by atoms with Crippen LogP contribution in [-0.4, -0.2) is 42.2 Å². The summed E-state index contributed by atoms with van der Waals surface area (Å²) in [7, 11) is 2.71. The number of hydrogen-bond donors (Lipinski definition) is 0. The van der Waals surface area contributed by atoms with Crippen molar-refractivity contribution in [3.05, 3.63) is 64.3 Å². The molecule has 0 radical (unpaired) electrons. The second-order valence-corrected chi connectivity index (χ2v) is 8.96. The highest BCUT2D eigenvalue weighted by molar-refractivity contribution is 6.30. The first-order valence-electron chi connectivity index (χ1n) is 10.3. The third-order valence-corrected chi connectivity index (χ3v) is 5.37. The van der Waals surface area contributed by atoms with Crippen LogP contribution in [0.4, 0.5) is 0 Å². The molecule has 0 saturated heterocycles. The third kappa shape index (κ3) is 4.88. The summed E-state index contributed by atoms with van der Waals surface area (Å²) in [5, 5.41) is 1.01. The van der Waals surface area contributed by atoms with Crippen LogP contribution in [0.3, 0.4) is 0 Å². The number of fused-ring (bicyclic) bond motifs is 1. The summed E-state index contributed by atoms with van der Waals surface area (Å²) < 4.78 is 17.3. The molecule has 0 aliphatic rings. The minimum Gasteiger partial charge on any atom is -0.497 e. The Bertz CT molecular complexity index is 1220. The summed E-state index contributed by atoms with van der Waals surface area (Å²) >= 11 is 5.97. The topological polar surface area (TPSA) is 83.8 Å². The lowest BCUT2D eigenvalue weighted by atomic mass is 9.95. The molecule has 3 rings (SSSR count). The van der Waals surface area contributed by atoms with Crippen molar-refractivity contribution in [1.29, 1.82) is 0 Å². The van der Waals surface area contributed by atoms with Crippen molar-refractivity contribution in [1.82, 2.24) is 4.57 Å². The Morgan fingerprint density at radius 1 is 0.970 bits per heavy atom. The van der Waals surface area contributed by atoms with Crippen LogP contribution in [-0.2, 0) is 19.1 Å². The molecule has 1 aromatic heterocycles. The second-order valence-electron chi connectivity index (χ2n) is 8.52. The van der Waals surface area contributed by atoms with Gasteiger partial charge in [0.1, 0.15) is 11.4 Å². The quantitative estimate of drug-likeness (QED) is 0.389. The van der Waals surface area contributed by atoms with Crippen LogP contribution in [0.1, 0.15) is 48.3 Å². The molecule has 174 valence electrons. The van der Waals surface area contributed by atoms with Crippen LogP contribution in [0.25, 0.3) is 10.9 Å². The first-order valence-corrected chi connectivity index (χ1v) is 10.7. The minimum atomic E-state index is -1.39. The average molecular weight is 472 g/mol. The van der Waals surface area contributed by atoms with Crippen molar-refractivity contribution >= 4 is 40.3 Å². The largest absolute Gasteiger partial charge is 0.497 e. The first-order chi connectivity index (χ1) is 15.5. The van der Waals surface area contributed by atoms with Gasteiger partial charge in [-0.1, -0.05) is 11.6 Å². The summed E-state index contributed by atoms with van der Waals surface area (Å²) in [6, 6.07) is 11.6. The predicted molar refractivity (Wildman–Crippen MR) is 125 cm³/mol. The second kappa shape index (κ2) is 9.27. The fourth-order valence-electron chi connectivity index (χ4n) is 3.71. The maximum atomic E-state index is 13.5. The molecule has 0 spiro atoms. The number of halogens is 1. The van der Waals surface area contributed by atoms with Gasteiger partial charge in [0.05, 0.1) is 19.7 Å². The molecule has 8 heteroatoms. The number of aromatic nitrogens is 1. The van der Waals surface area contributed by atoms with E-state index in [1.165, 1.54) is 18.8 Å². The van der Waals surface area contributed by atoms with Crippen molar-refractivity contribution in [2.45, 2.75) is 39.2 Å². The van der Waals surface area contributed by atoms with E-state index in [1.54, 1.807) is 70.2 Å². The van der Waals surface area contributed by atoms with Gasteiger partial charge < -0.3 is 14.2 Å². The SMILES string of the molecule is COC(=O)C(C(=O)OC(C)(C)C)c1c(C)n(C(=O)c2ccc(Cl)cc2)c2ccc(OC)cc12. The Hall–Kier alpha value is -3.32. The predicted octanol–water partition coefficient (Wildman–Crippen LogP) is 4.90. The highest BCUT2D eigenvalue weighted by Gasteiger charge is 2.38. The molecule has 7 nitrogen and oxygen atoms in total. The lowest BCUT2D eigenvalue weighted by Crippen LogP contribution is -2.32. The Balaban J connectivity index is 2.30. The molecule has 0 aliphatic carbocycles. The van der Waals surface area contributed by atoms with E-state index in [-0.39, 0.29) is 5.91 Å². The molecule has 1 heterocycles. The molecule has 0 amide bonds. The van der Waals surface area contributed by atoms with Crippen LogP contribution >= 0.6 is 11.6 Å². The van der Waals surface area contributed by atoms with Crippen molar-refractivity contribution in [2.24, 2.45) is 0 Å².